The van der Waals surface area contributed by atoms with Crippen molar-refractivity contribution in [2.45, 2.75) is 26.8 Å². The largest absolute Gasteiger partial charge is 0.494 e. The Morgan fingerprint density at radius 1 is 1.24 bits per heavy atom. The van der Waals surface area contributed by atoms with Crippen LogP contribution in [0, 0.1) is 5.92 Å². The van der Waals surface area contributed by atoms with Crippen molar-refractivity contribution in [1.82, 2.24) is 5.32 Å². The van der Waals surface area contributed by atoms with E-state index in [9.17, 15) is 0 Å². The molecule has 96 valence electrons. The maximum atomic E-state index is 8.65. The van der Waals surface area contributed by atoms with Crippen molar-refractivity contribution >= 4 is 0 Å². The van der Waals surface area contributed by atoms with Gasteiger partial charge in [-0.25, -0.2) is 0 Å². The van der Waals surface area contributed by atoms with Gasteiger partial charge in [-0.2, -0.15) is 0 Å². The van der Waals surface area contributed by atoms with Gasteiger partial charge in [0.15, 0.2) is 0 Å². The van der Waals surface area contributed by atoms with E-state index in [1.165, 1.54) is 5.56 Å². The van der Waals surface area contributed by atoms with Gasteiger partial charge < -0.3 is 15.2 Å². The van der Waals surface area contributed by atoms with Crippen molar-refractivity contribution in [1.29, 1.82) is 0 Å². The topological polar surface area (TPSA) is 41.5 Å². The Morgan fingerprint density at radius 2 is 1.94 bits per heavy atom. The molecule has 1 aromatic carbocycles. The average molecular weight is 237 g/mol. The fourth-order valence-corrected chi connectivity index (χ4v) is 1.43. The molecular weight excluding hydrogens is 214 g/mol. The molecule has 3 heteroatoms. The molecule has 0 atom stereocenters. The van der Waals surface area contributed by atoms with Gasteiger partial charge in [0.1, 0.15) is 5.75 Å². The van der Waals surface area contributed by atoms with E-state index in [2.05, 4.69) is 31.3 Å². The standard InChI is InChI=1S/C14H23NO2/c1-12(2)7-10-17-14-5-3-13(4-6-14)11-15-8-9-16/h3-6,12,15-16H,7-11H2,1-2H3. The van der Waals surface area contributed by atoms with Gasteiger partial charge in [-0.1, -0.05) is 26.0 Å². The second-order valence-electron chi connectivity index (χ2n) is 4.58. The molecule has 0 heterocycles. The number of nitrogens with one attached hydrogen (secondary N) is 1. The van der Waals surface area contributed by atoms with Crippen LogP contribution in [0.1, 0.15) is 25.8 Å². The van der Waals surface area contributed by atoms with Gasteiger partial charge in [0.25, 0.3) is 0 Å². The SMILES string of the molecule is CC(C)CCOc1ccc(CNCCO)cc1. The lowest BCUT2D eigenvalue weighted by atomic mass is 10.1. The van der Waals surface area contributed by atoms with Crippen LogP contribution in [0.5, 0.6) is 5.75 Å². The van der Waals surface area contributed by atoms with Crippen LogP contribution in [0.25, 0.3) is 0 Å². The number of aliphatic hydroxyl groups excluding tert-OH is 1. The van der Waals surface area contributed by atoms with Gasteiger partial charge in [0, 0.05) is 13.1 Å². The van der Waals surface area contributed by atoms with Crippen LogP contribution in [0.2, 0.25) is 0 Å². The molecule has 0 aliphatic carbocycles. The highest BCUT2D eigenvalue weighted by Crippen LogP contribution is 2.13. The van der Waals surface area contributed by atoms with E-state index in [1.807, 2.05) is 12.1 Å². The summed E-state index contributed by atoms with van der Waals surface area (Å²) in [6.45, 7) is 6.76. The van der Waals surface area contributed by atoms with Crippen molar-refractivity contribution in [3.8, 4) is 5.75 Å². The molecule has 0 radical (unpaired) electrons. The summed E-state index contributed by atoms with van der Waals surface area (Å²) in [5.74, 6) is 1.61. The van der Waals surface area contributed by atoms with Crippen LogP contribution in [0.3, 0.4) is 0 Å². The Morgan fingerprint density at radius 3 is 2.53 bits per heavy atom. The minimum absolute atomic E-state index is 0.177. The molecule has 2 N–H and O–H groups in total. The Kier molecular flexibility index (Phi) is 6.67. The predicted molar refractivity (Wildman–Crippen MR) is 70.2 cm³/mol. The first-order chi connectivity index (χ1) is 8.22. The van der Waals surface area contributed by atoms with Crippen LogP contribution in [-0.2, 0) is 6.54 Å². The van der Waals surface area contributed by atoms with E-state index in [0.717, 1.165) is 25.3 Å². The molecule has 0 saturated carbocycles. The highest BCUT2D eigenvalue weighted by atomic mass is 16.5. The lowest BCUT2D eigenvalue weighted by Gasteiger charge is -2.09. The Labute approximate surface area is 104 Å². The Hall–Kier alpha value is -1.06. The van der Waals surface area contributed by atoms with E-state index in [4.69, 9.17) is 9.84 Å². The maximum absolute atomic E-state index is 8.65. The first kappa shape index (κ1) is 14.0. The van der Waals surface area contributed by atoms with Gasteiger partial charge >= 0.3 is 0 Å². The minimum atomic E-state index is 0.177. The van der Waals surface area contributed by atoms with Crippen molar-refractivity contribution in [2.24, 2.45) is 5.92 Å². The second kappa shape index (κ2) is 8.09. The molecule has 0 aliphatic rings. The fraction of sp³-hybridized carbons (Fsp3) is 0.571. The number of hydrogen-bond donors (Lipinski definition) is 2. The monoisotopic (exact) mass is 237 g/mol. The molecule has 0 aromatic heterocycles. The van der Waals surface area contributed by atoms with Crippen LogP contribution in [0.4, 0.5) is 0 Å². The smallest absolute Gasteiger partial charge is 0.119 e. The summed E-state index contributed by atoms with van der Waals surface area (Å²) < 4.78 is 5.64. The van der Waals surface area contributed by atoms with Gasteiger partial charge in [0.2, 0.25) is 0 Å². The zero-order valence-electron chi connectivity index (χ0n) is 10.8. The zero-order chi connectivity index (χ0) is 12.5. The molecule has 1 aromatic rings. The molecule has 0 saturated heterocycles. The van der Waals surface area contributed by atoms with E-state index < -0.39 is 0 Å². The summed E-state index contributed by atoms with van der Waals surface area (Å²) in [7, 11) is 0. The van der Waals surface area contributed by atoms with Crippen LogP contribution < -0.4 is 10.1 Å². The molecule has 3 nitrogen and oxygen atoms in total. The van der Waals surface area contributed by atoms with Gasteiger partial charge in [-0.3, -0.25) is 0 Å². The number of aliphatic hydroxyl groups is 1. The van der Waals surface area contributed by atoms with Crippen LogP contribution in [0.15, 0.2) is 24.3 Å². The summed E-state index contributed by atoms with van der Waals surface area (Å²) in [4.78, 5) is 0. The minimum Gasteiger partial charge on any atom is -0.494 e. The van der Waals surface area contributed by atoms with Crippen LogP contribution in [-0.4, -0.2) is 24.9 Å². The fourth-order valence-electron chi connectivity index (χ4n) is 1.43. The summed E-state index contributed by atoms with van der Waals surface area (Å²) in [6.07, 6.45) is 1.08. The van der Waals surface area contributed by atoms with E-state index in [0.29, 0.717) is 12.5 Å². The molecule has 0 bridgehead atoms. The van der Waals surface area contributed by atoms with Crippen molar-refractivity contribution < 1.29 is 9.84 Å². The van der Waals surface area contributed by atoms with Gasteiger partial charge in [0.05, 0.1) is 13.2 Å². The molecule has 0 unspecified atom stereocenters. The number of ether oxygens (including phenoxy) is 1. The van der Waals surface area contributed by atoms with E-state index in [1.54, 1.807) is 0 Å². The Bertz CT molecular complexity index is 296. The Balaban J connectivity index is 2.29. The summed E-state index contributed by atoms with van der Waals surface area (Å²) in [5.41, 5.74) is 1.20. The van der Waals surface area contributed by atoms with Gasteiger partial charge in [-0.05, 0) is 30.0 Å². The molecule has 0 aliphatic heterocycles. The number of hydrogen-bond acceptors (Lipinski definition) is 3. The summed E-state index contributed by atoms with van der Waals surface area (Å²) >= 11 is 0. The normalized spacial score (nSPS) is 10.8. The molecule has 0 amide bonds. The molecule has 17 heavy (non-hydrogen) atoms. The average Bonchev–Trinajstić information content (AvgIpc) is 2.31. The van der Waals surface area contributed by atoms with E-state index >= 15 is 0 Å². The first-order valence-corrected chi connectivity index (χ1v) is 6.25. The quantitative estimate of drug-likeness (QED) is 0.681. The second-order valence-corrected chi connectivity index (χ2v) is 4.58. The lowest BCUT2D eigenvalue weighted by molar-refractivity contribution is 0.289. The van der Waals surface area contributed by atoms with Crippen molar-refractivity contribution in [2.75, 3.05) is 19.8 Å². The summed E-state index contributed by atoms with van der Waals surface area (Å²) in [6, 6.07) is 8.09. The third kappa shape index (κ3) is 6.29. The molecule has 0 spiro atoms. The van der Waals surface area contributed by atoms with Crippen LogP contribution >= 0.6 is 0 Å². The zero-order valence-corrected chi connectivity index (χ0v) is 10.8. The molecular formula is C14H23NO2. The predicted octanol–water partition coefficient (Wildman–Crippen LogP) is 2.19. The third-order valence-electron chi connectivity index (χ3n) is 2.50. The highest BCUT2D eigenvalue weighted by molar-refractivity contribution is 5.27. The molecule has 1 rings (SSSR count). The van der Waals surface area contributed by atoms with Gasteiger partial charge in [-0.15, -0.1) is 0 Å². The van der Waals surface area contributed by atoms with E-state index in [-0.39, 0.29) is 6.61 Å². The highest BCUT2D eigenvalue weighted by Gasteiger charge is 1.97. The molecule has 0 fully saturated rings. The lowest BCUT2D eigenvalue weighted by Crippen LogP contribution is -2.17. The third-order valence-corrected chi connectivity index (χ3v) is 2.50. The first-order valence-electron chi connectivity index (χ1n) is 6.25. The van der Waals surface area contributed by atoms with Crippen molar-refractivity contribution in [3.63, 3.8) is 0 Å². The van der Waals surface area contributed by atoms with Crippen molar-refractivity contribution in [3.05, 3.63) is 29.8 Å². The number of rotatable bonds is 8. The number of benzene rings is 1. The maximum Gasteiger partial charge on any atom is 0.119 e. The summed E-state index contributed by atoms with van der Waals surface area (Å²) in [5, 5.41) is 11.8.